The van der Waals surface area contributed by atoms with Crippen molar-refractivity contribution in [3.63, 3.8) is 0 Å². The lowest BCUT2D eigenvalue weighted by Crippen LogP contribution is -1.85. The van der Waals surface area contributed by atoms with Gasteiger partial charge in [-0.1, -0.05) is 62.6 Å². The predicted molar refractivity (Wildman–Crippen MR) is 83.7 cm³/mol. The van der Waals surface area contributed by atoms with E-state index in [9.17, 15) is 0 Å². The Labute approximate surface area is 114 Å². The second-order valence-electron chi connectivity index (χ2n) is 5.36. The highest BCUT2D eigenvalue weighted by molar-refractivity contribution is 6.05. The molecule has 1 N–H and O–H groups in total. The van der Waals surface area contributed by atoms with Crippen molar-refractivity contribution in [2.75, 3.05) is 0 Å². The third kappa shape index (κ3) is 2.51. The molecule has 0 spiro atoms. The highest BCUT2D eigenvalue weighted by atomic mass is 14.7. The predicted octanol–water partition coefficient (Wildman–Crippen LogP) is 5.44. The Balaban J connectivity index is 1.90. The van der Waals surface area contributed by atoms with Crippen molar-refractivity contribution in [3.8, 4) is 0 Å². The number of fused-ring (bicyclic) bond motifs is 3. The summed E-state index contributed by atoms with van der Waals surface area (Å²) in [6.07, 6.45) is 6.45. The molecule has 2 aromatic carbocycles. The van der Waals surface area contributed by atoms with Crippen LogP contribution in [0.5, 0.6) is 0 Å². The molecule has 1 nitrogen and oxygen atoms in total. The molecule has 0 saturated heterocycles. The van der Waals surface area contributed by atoms with Gasteiger partial charge in [-0.3, -0.25) is 0 Å². The fraction of sp³-hybridized carbons (Fsp3) is 0.333. The first-order valence-electron chi connectivity index (χ1n) is 7.38. The number of hydrogen-bond donors (Lipinski definition) is 1. The first-order valence-corrected chi connectivity index (χ1v) is 7.38. The van der Waals surface area contributed by atoms with Gasteiger partial charge in [0.05, 0.1) is 5.52 Å². The Hall–Kier alpha value is -1.76. The Morgan fingerprint density at radius 3 is 2.63 bits per heavy atom. The standard InChI is InChI=1S/C18H21N/c1-2-3-4-5-9-16-13-15-12-11-14-8-6-7-10-17(14)18(15)19-16/h6-8,10-13,19H,2-5,9H2,1H3. The summed E-state index contributed by atoms with van der Waals surface area (Å²) in [7, 11) is 0. The number of nitrogens with one attached hydrogen (secondary N) is 1. The molecule has 0 aliphatic carbocycles. The van der Waals surface area contributed by atoms with Gasteiger partial charge in [0.15, 0.2) is 0 Å². The fourth-order valence-corrected chi connectivity index (χ4v) is 2.81. The summed E-state index contributed by atoms with van der Waals surface area (Å²) in [6.45, 7) is 2.26. The van der Waals surface area contributed by atoms with Gasteiger partial charge in [-0.05, 0) is 24.3 Å². The molecule has 3 aromatic rings. The lowest BCUT2D eigenvalue weighted by atomic mass is 10.1. The van der Waals surface area contributed by atoms with Crippen molar-refractivity contribution < 1.29 is 0 Å². The van der Waals surface area contributed by atoms with Gasteiger partial charge in [0, 0.05) is 16.5 Å². The molecule has 0 atom stereocenters. The molecule has 0 saturated carbocycles. The van der Waals surface area contributed by atoms with E-state index in [1.54, 1.807) is 0 Å². The topological polar surface area (TPSA) is 15.8 Å². The van der Waals surface area contributed by atoms with Crippen molar-refractivity contribution in [1.82, 2.24) is 4.98 Å². The van der Waals surface area contributed by atoms with Crippen LogP contribution in [0.4, 0.5) is 0 Å². The van der Waals surface area contributed by atoms with Gasteiger partial charge >= 0.3 is 0 Å². The first kappa shape index (κ1) is 12.3. The Morgan fingerprint density at radius 2 is 1.74 bits per heavy atom. The number of aromatic nitrogens is 1. The third-order valence-electron chi connectivity index (χ3n) is 3.88. The second-order valence-corrected chi connectivity index (χ2v) is 5.36. The van der Waals surface area contributed by atoms with E-state index in [4.69, 9.17) is 0 Å². The van der Waals surface area contributed by atoms with Crippen LogP contribution in [0.25, 0.3) is 21.7 Å². The maximum Gasteiger partial charge on any atom is 0.0535 e. The largest absolute Gasteiger partial charge is 0.358 e. The average Bonchev–Trinajstić information content (AvgIpc) is 2.87. The maximum absolute atomic E-state index is 3.62. The maximum atomic E-state index is 3.62. The van der Waals surface area contributed by atoms with Gasteiger partial charge in [-0.15, -0.1) is 0 Å². The molecule has 98 valence electrons. The van der Waals surface area contributed by atoms with Crippen LogP contribution in [-0.4, -0.2) is 4.98 Å². The summed E-state index contributed by atoms with van der Waals surface area (Å²) >= 11 is 0. The monoisotopic (exact) mass is 251 g/mol. The summed E-state index contributed by atoms with van der Waals surface area (Å²) in [4.78, 5) is 3.62. The van der Waals surface area contributed by atoms with E-state index in [0.29, 0.717) is 0 Å². The molecule has 0 radical (unpaired) electrons. The zero-order chi connectivity index (χ0) is 13.1. The normalized spacial score (nSPS) is 11.4. The van der Waals surface area contributed by atoms with E-state index in [-0.39, 0.29) is 0 Å². The first-order chi connectivity index (χ1) is 9.38. The molecular formula is C18H21N. The van der Waals surface area contributed by atoms with Gasteiger partial charge in [0.2, 0.25) is 0 Å². The Bertz CT molecular complexity index is 678. The average molecular weight is 251 g/mol. The zero-order valence-electron chi connectivity index (χ0n) is 11.6. The Kier molecular flexibility index (Phi) is 3.54. The van der Waals surface area contributed by atoms with Crippen LogP contribution in [0.3, 0.4) is 0 Å². The third-order valence-corrected chi connectivity index (χ3v) is 3.88. The minimum Gasteiger partial charge on any atom is -0.358 e. The van der Waals surface area contributed by atoms with Crippen molar-refractivity contribution >= 4 is 21.7 Å². The number of unbranched alkanes of at least 4 members (excludes halogenated alkanes) is 3. The molecular weight excluding hydrogens is 230 g/mol. The van der Waals surface area contributed by atoms with Crippen LogP contribution < -0.4 is 0 Å². The van der Waals surface area contributed by atoms with E-state index >= 15 is 0 Å². The van der Waals surface area contributed by atoms with Crippen LogP contribution >= 0.6 is 0 Å². The van der Waals surface area contributed by atoms with Crippen LogP contribution in [0.2, 0.25) is 0 Å². The molecule has 0 amide bonds. The summed E-state index contributed by atoms with van der Waals surface area (Å²) in [5.41, 5.74) is 2.67. The molecule has 1 heteroatoms. The molecule has 19 heavy (non-hydrogen) atoms. The van der Waals surface area contributed by atoms with E-state index in [1.807, 2.05) is 0 Å². The molecule has 3 rings (SSSR count). The van der Waals surface area contributed by atoms with E-state index in [2.05, 4.69) is 54.4 Å². The van der Waals surface area contributed by atoms with Gasteiger partial charge in [-0.2, -0.15) is 0 Å². The van der Waals surface area contributed by atoms with Crippen LogP contribution in [0.1, 0.15) is 38.3 Å². The van der Waals surface area contributed by atoms with E-state index in [0.717, 1.165) is 0 Å². The summed E-state index contributed by atoms with van der Waals surface area (Å²) in [5.74, 6) is 0. The van der Waals surface area contributed by atoms with Crippen LogP contribution in [-0.2, 0) is 6.42 Å². The van der Waals surface area contributed by atoms with Crippen LogP contribution in [0.15, 0.2) is 42.5 Å². The van der Waals surface area contributed by atoms with Crippen molar-refractivity contribution in [3.05, 3.63) is 48.2 Å². The SMILES string of the molecule is CCCCCCc1cc2ccc3ccccc3c2[nH]1. The van der Waals surface area contributed by atoms with Crippen molar-refractivity contribution in [2.24, 2.45) is 0 Å². The lowest BCUT2D eigenvalue weighted by molar-refractivity contribution is 0.662. The molecule has 0 aliphatic heterocycles. The molecule has 1 heterocycles. The van der Waals surface area contributed by atoms with Crippen LogP contribution in [0, 0.1) is 0 Å². The molecule has 0 bridgehead atoms. The van der Waals surface area contributed by atoms with E-state index in [1.165, 1.54) is 59.5 Å². The highest BCUT2D eigenvalue weighted by Crippen LogP contribution is 2.26. The molecule has 0 fully saturated rings. The number of aromatic amines is 1. The number of benzene rings is 2. The van der Waals surface area contributed by atoms with E-state index < -0.39 is 0 Å². The summed E-state index contributed by atoms with van der Waals surface area (Å²) in [6, 6.07) is 15.3. The number of aryl methyl sites for hydroxylation is 1. The van der Waals surface area contributed by atoms with Gasteiger partial charge in [0.25, 0.3) is 0 Å². The number of rotatable bonds is 5. The number of H-pyrrole nitrogens is 1. The summed E-state index contributed by atoms with van der Waals surface area (Å²) < 4.78 is 0. The smallest absolute Gasteiger partial charge is 0.0535 e. The Morgan fingerprint density at radius 1 is 0.895 bits per heavy atom. The van der Waals surface area contributed by atoms with Gasteiger partial charge < -0.3 is 4.98 Å². The zero-order valence-corrected chi connectivity index (χ0v) is 11.6. The lowest BCUT2D eigenvalue weighted by Gasteiger charge is -1.99. The highest BCUT2D eigenvalue weighted by Gasteiger charge is 2.04. The number of hydrogen-bond acceptors (Lipinski definition) is 0. The summed E-state index contributed by atoms with van der Waals surface area (Å²) in [5, 5.41) is 3.98. The fourth-order valence-electron chi connectivity index (χ4n) is 2.81. The molecule has 0 unspecified atom stereocenters. The van der Waals surface area contributed by atoms with Crippen molar-refractivity contribution in [1.29, 1.82) is 0 Å². The second kappa shape index (κ2) is 5.48. The minimum atomic E-state index is 1.17. The van der Waals surface area contributed by atoms with Gasteiger partial charge in [-0.25, -0.2) is 0 Å². The minimum absolute atomic E-state index is 1.17. The molecule has 0 aliphatic rings. The van der Waals surface area contributed by atoms with Gasteiger partial charge in [0.1, 0.15) is 0 Å². The van der Waals surface area contributed by atoms with Crippen molar-refractivity contribution in [2.45, 2.75) is 39.0 Å². The quantitative estimate of drug-likeness (QED) is 0.581. The molecule has 1 aromatic heterocycles.